The molecule has 2 saturated heterocycles. The van der Waals surface area contributed by atoms with Crippen LogP contribution in [0.3, 0.4) is 0 Å². The predicted octanol–water partition coefficient (Wildman–Crippen LogP) is 2.96. The van der Waals surface area contributed by atoms with Crippen molar-refractivity contribution in [1.29, 1.82) is 0 Å². The molecule has 3 aliphatic rings. The van der Waals surface area contributed by atoms with Gasteiger partial charge in [-0.1, -0.05) is 25.0 Å². The molecule has 2 aliphatic heterocycles. The molecular formula is C21H40N4O. The van der Waals surface area contributed by atoms with Crippen LogP contribution in [0.2, 0.25) is 0 Å². The first-order chi connectivity index (χ1) is 12.6. The number of nitrogens with one attached hydrogen (secondary N) is 1. The van der Waals surface area contributed by atoms with E-state index >= 15 is 0 Å². The van der Waals surface area contributed by atoms with Crippen LogP contribution in [0.1, 0.15) is 78.1 Å². The van der Waals surface area contributed by atoms with Crippen LogP contribution < -0.4 is 11.2 Å². The zero-order valence-corrected chi connectivity index (χ0v) is 16.8. The lowest BCUT2D eigenvalue weighted by atomic mass is 9.94. The average molecular weight is 365 g/mol. The van der Waals surface area contributed by atoms with Crippen molar-refractivity contribution < 1.29 is 5.11 Å². The van der Waals surface area contributed by atoms with E-state index in [-0.39, 0.29) is 12.2 Å². The fourth-order valence-electron chi connectivity index (χ4n) is 4.89. The average Bonchev–Trinajstić information content (AvgIpc) is 3.47. The Labute approximate surface area is 160 Å². The third-order valence-corrected chi connectivity index (χ3v) is 6.70. The Morgan fingerprint density at radius 2 is 2.04 bits per heavy atom. The maximum Gasteiger partial charge on any atom is 0.123 e. The maximum atomic E-state index is 11.2. The molecule has 0 radical (unpaired) electrons. The van der Waals surface area contributed by atoms with Crippen molar-refractivity contribution in [3.63, 3.8) is 0 Å². The normalized spacial score (nSPS) is 36.3. The molecule has 0 amide bonds. The van der Waals surface area contributed by atoms with Gasteiger partial charge in [0.1, 0.15) is 6.23 Å². The van der Waals surface area contributed by atoms with E-state index in [4.69, 9.17) is 5.84 Å². The van der Waals surface area contributed by atoms with Gasteiger partial charge in [0, 0.05) is 24.7 Å². The Bertz CT molecular complexity index is 453. The minimum Gasteiger partial charge on any atom is -0.377 e. The highest BCUT2D eigenvalue weighted by molar-refractivity contribution is 4.98. The van der Waals surface area contributed by atoms with Crippen molar-refractivity contribution >= 4 is 0 Å². The summed E-state index contributed by atoms with van der Waals surface area (Å²) in [5, 5.41) is 17.0. The van der Waals surface area contributed by atoms with E-state index in [1.165, 1.54) is 38.5 Å². The first kappa shape index (κ1) is 20.3. The zero-order valence-electron chi connectivity index (χ0n) is 16.8. The molecule has 3 rings (SSSR count). The van der Waals surface area contributed by atoms with E-state index in [0.717, 1.165) is 38.1 Å². The fourth-order valence-corrected chi connectivity index (χ4v) is 4.89. The van der Waals surface area contributed by atoms with Crippen molar-refractivity contribution in [1.82, 2.24) is 15.2 Å². The smallest absolute Gasteiger partial charge is 0.123 e. The van der Waals surface area contributed by atoms with Gasteiger partial charge in [0.2, 0.25) is 0 Å². The van der Waals surface area contributed by atoms with Crippen LogP contribution in [0, 0.1) is 5.92 Å². The van der Waals surface area contributed by atoms with Crippen LogP contribution in [0.4, 0.5) is 0 Å². The van der Waals surface area contributed by atoms with E-state index in [9.17, 15) is 5.11 Å². The van der Waals surface area contributed by atoms with Gasteiger partial charge in [-0.2, -0.15) is 0 Å². The summed E-state index contributed by atoms with van der Waals surface area (Å²) in [5.41, 5.74) is 0. The number of unbranched alkanes of at least 4 members (excludes halogenated alkanes) is 1. The molecule has 3 fully saturated rings. The Hall–Kier alpha value is -0.460. The molecule has 0 bridgehead atoms. The lowest BCUT2D eigenvalue weighted by molar-refractivity contribution is -0.0834. The first-order valence-corrected chi connectivity index (χ1v) is 11.0. The molecule has 0 aromatic carbocycles. The van der Waals surface area contributed by atoms with Crippen molar-refractivity contribution in [2.75, 3.05) is 6.54 Å². The summed E-state index contributed by atoms with van der Waals surface area (Å²) in [6.07, 6.45) is 16.0. The summed E-state index contributed by atoms with van der Waals surface area (Å²) in [7, 11) is 0. The SMILES string of the molecule is C/C=C\CCCC1NC(C(O)N2CCCCC[C@H]2C)CC(C2CC2)N1N. The largest absolute Gasteiger partial charge is 0.377 e. The van der Waals surface area contributed by atoms with Gasteiger partial charge in [0.25, 0.3) is 0 Å². The highest BCUT2D eigenvalue weighted by Crippen LogP contribution is 2.39. The van der Waals surface area contributed by atoms with Crippen LogP contribution in [-0.4, -0.2) is 52.1 Å². The standard InChI is InChI=1S/C21H40N4O/c1-3-4-5-8-11-20-23-18(15-19(25(20)22)17-12-13-17)21(26)24-14-9-6-7-10-16(24)2/h3-4,16-21,23,26H,5-15,22H2,1-2H3/b4-3-/t16-,18?,19?,20?,21?/m1/s1. The van der Waals surface area contributed by atoms with Crippen molar-refractivity contribution in [3.05, 3.63) is 12.2 Å². The lowest BCUT2D eigenvalue weighted by Crippen LogP contribution is -2.68. The van der Waals surface area contributed by atoms with Crippen molar-refractivity contribution in [3.8, 4) is 0 Å². The van der Waals surface area contributed by atoms with E-state index in [2.05, 4.69) is 41.2 Å². The number of rotatable bonds is 7. The van der Waals surface area contributed by atoms with Gasteiger partial charge in [0.15, 0.2) is 0 Å². The molecule has 0 aromatic heterocycles. The van der Waals surface area contributed by atoms with Crippen LogP contribution in [-0.2, 0) is 0 Å². The van der Waals surface area contributed by atoms with Crippen LogP contribution in [0.25, 0.3) is 0 Å². The number of nitrogens with zero attached hydrogens (tertiary/aromatic N) is 2. The monoisotopic (exact) mass is 364 g/mol. The molecule has 0 spiro atoms. The van der Waals surface area contributed by atoms with Gasteiger partial charge >= 0.3 is 0 Å². The molecule has 150 valence electrons. The second-order valence-electron chi connectivity index (χ2n) is 8.73. The van der Waals surface area contributed by atoms with E-state index in [0.29, 0.717) is 12.1 Å². The van der Waals surface area contributed by atoms with E-state index in [1.807, 2.05) is 0 Å². The Kier molecular flexibility index (Phi) is 7.53. The highest BCUT2D eigenvalue weighted by Gasteiger charge is 2.44. The summed E-state index contributed by atoms with van der Waals surface area (Å²) in [6.45, 7) is 5.37. The quantitative estimate of drug-likeness (QED) is 0.368. The van der Waals surface area contributed by atoms with Crippen LogP contribution >= 0.6 is 0 Å². The number of allylic oxidation sites excluding steroid dienone is 2. The Balaban J connectivity index is 1.64. The number of hydrogen-bond donors (Lipinski definition) is 3. The molecule has 0 aromatic rings. The predicted molar refractivity (Wildman–Crippen MR) is 107 cm³/mol. The molecule has 1 aliphatic carbocycles. The molecule has 1 saturated carbocycles. The van der Waals surface area contributed by atoms with Crippen LogP contribution in [0.15, 0.2) is 12.2 Å². The van der Waals surface area contributed by atoms with Gasteiger partial charge in [0.05, 0.1) is 6.17 Å². The van der Waals surface area contributed by atoms with E-state index < -0.39 is 6.23 Å². The number of hydrogen-bond acceptors (Lipinski definition) is 5. The summed E-state index contributed by atoms with van der Waals surface area (Å²) >= 11 is 0. The fraction of sp³-hybridized carbons (Fsp3) is 0.905. The number of likely N-dealkylation sites (tertiary alicyclic amines) is 1. The molecule has 26 heavy (non-hydrogen) atoms. The second kappa shape index (κ2) is 9.65. The number of aliphatic hydroxyl groups excluding tert-OH is 1. The molecular weight excluding hydrogens is 324 g/mol. The number of nitrogens with two attached hydrogens (primary N) is 1. The van der Waals surface area contributed by atoms with Crippen molar-refractivity contribution in [2.24, 2.45) is 11.8 Å². The summed E-state index contributed by atoms with van der Waals surface area (Å²) in [5.74, 6) is 7.26. The van der Waals surface area contributed by atoms with E-state index in [1.54, 1.807) is 0 Å². The van der Waals surface area contributed by atoms with Gasteiger partial charge < -0.3 is 5.11 Å². The summed E-state index contributed by atoms with van der Waals surface area (Å²) < 4.78 is 0. The topological polar surface area (TPSA) is 64.8 Å². The Morgan fingerprint density at radius 3 is 2.77 bits per heavy atom. The Morgan fingerprint density at radius 1 is 1.23 bits per heavy atom. The number of hydrazine groups is 1. The van der Waals surface area contributed by atoms with Gasteiger partial charge in [-0.3, -0.25) is 16.1 Å². The van der Waals surface area contributed by atoms with Crippen molar-refractivity contribution in [2.45, 2.75) is 109 Å². The maximum absolute atomic E-state index is 11.2. The summed E-state index contributed by atoms with van der Waals surface area (Å²) in [6, 6.07) is 1.02. The minimum atomic E-state index is -0.393. The van der Waals surface area contributed by atoms with Gasteiger partial charge in [-0.25, -0.2) is 5.01 Å². The van der Waals surface area contributed by atoms with Gasteiger partial charge in [-0.05, 0) is 71.1 Å². The van der Waals surface area contributed by atoms with Crippen LogP contribution in [0.5, 0.6) is 0 Å². The molecule has 4 unspecified atom stereocenters. The van der Waals surface area contributed by atoms with Gasteiger partial charge in [-0.15, -0.1) is 0 Å². The molecule has 5 nitrogen and oxygen atoms in total. The molecule has 4 N–H and O–H groups in total. The zero-order chi connectivity index (χ0) is 18.5. The molecule has 5 heteroatoms. The first-order valence-electron chi connectivity index (χ1n) is 11.0. The molecule has 2 heterocycles. The summed E-state index contributed by atoms with van der Waals surface area (Å²) in [4.78, 5) is 2.34. The number of aliphatic hydroxyl groups is 1. The third kappa shape index (κ3) is 5.08. The second-order valence-corrected chi connectivity index (χ2v) is 8.73. The molecule has 5 atom stereocenters. The third-order valence-electron chi connectivity index (χ3n) is 6.70. The minimum absolute atomic E-state index is 0.132. The lowest BCUT2D eigenvalue weighted by Gasteiger charge is -2.47. The highest BCUT2D eigenvalue weighted by atomic mass is 16.3.